The molecule has 180 valence electrons. The first-order chi connectivity index (χ1) is 15.2. The number of nitro groups is 1. The van der Waals surface area contributed by atoms with Crippen molar-refractivity contribution in [2.45, 2.75) is 46.3 Å². The van der Waals surface area contributed by atoms with Gasteiger partial charge in [-0.3, -0.25) is 15.4 Å². The van der Waals surface area contributed by atoms with Crippen molar-refractivity contribution >= 4 is 47.4 Å². The highest BCUT2D eigenvalue weighted by Gasteiger charge is 2.16. The predicted octanol–water partition coefficient (Wildman–Crippen LogP) is 4.86. The third-order valence-corrected chi connectivity index (χ3v) is 4.25. The molecule has 2 aromatic carbocycles. The van der Waals surface area contributed by atoms with E-state index in [1.54, 1.807) is 18.2 Å². The molecule has 0 aliphatic rings. The Hall–Kier alpha value is -2.89. The number of anilines is 1. The molecule has 0 saturated heterocycles. The third-order valence-electron chi connectivity index (χ3n) is 4.25. The fourth-order valence-corrected chi connectivity index (χ4v) is 2.83. The molecule has 1 amide bonds. The lowest BCUT2D eigenvalue weighted by molar-refractivity contribution is -0.385. The number of nitro benzene ring substituents is 1. The maximum atomic E-state index is 11.8. The summed E-state index contributed by atoms with van der Waals surface area (Å²) in [6.07, 6.45) is 0.250. The van der Waals surface area contributed by atoms with Crippen LogP contribution in [-0.2, 0) is 17.7 Å². The van der Waals surface area contributed by atoms with Crippen LogP contribution < -0.4 is 16.0 Å². The highest BCUT2D eigenvalue weighted by Crippen LogP contribution is 2.18. The molecule has 9 nitrogen and oxygen atoms in total. The molecule has 0 heterocycles. The molecule has 0 radical (unpaired) electrons. The molecular weight excluding hydrogens is 537 g/mol. The normalized spacial score (nSPS) is 11.2. The molecule has 0 aromatic heterocycles. The highest BCUT2D eigenvalue weighted by atomic mass is 127. The number of para-hydroxylation sites is 1. The van der Waals surface area contributed by atoms with Crippen molar-refractivity contribution in [3.8, 4) is 0 Å². The van der Waals surface area contributed by atoms with E-state index in [0.717, 1.165) is 12.0 Å². The number of rotatable bonds is 8. The van der Waals surface area contributed by atoms with Crippen LogP contribution >= 0.6 is 24.0 Å². The molecular formula is C23H32IN5O4. The van der Waals surface area contributed by atoms with Crippen LogP contribution in [0.1, 0.15) is 38.8 Å². The minimum atomic E-state index is -0.549. The van der Waals surface area contributed by atoms with E-state index in [4.69, 9.17) is 4.74 Å². The second-order valence-electron chi connectivity index (χ2n) is 8.08. The first-order valence-corrected chi connectivity index (χ1v) is 10.5. The fourth-order valence-electron chi connectivity index (χ4n) is 2.83. The lowest BCUT2D eigenvalue weighted by atomic mass is 10.1. The first kappa shape index (κ1) is 28.1. The number of nitrogens with zero attached hydrogens (tertiary/aromatic N) is 2. The molecule has 0 bridgehead atoms. The second kappa shape index (κ2) is 13.6. The number of nitrogens with one attached hydrogen (secondary N) is 3. The fraction of sp³-hybridized carbons (Fsp3) is 0.391. The van der Waals surface area contributed by atoms with Gasteiger partial charge in [0.2, 0.25) is 0 Å². The Balaban J connectivity index is 0.00000544. The molecule has 2 aromatic rings. The molecule has 0 unspecified atom stereocenters. The van der Waals surface area contributed by atoms with Gasteiger partial charge in [0.1, 0.15) is 5.60 Å². The smallest absolute Gasteiger partial charge is 0.412 e. The van der Waals surface area contributed by atoms with Gasteiger partial charge in [0.25, 0.3) is 5.69 Å². The van der Waals surface area contributed by atoms with Crippen molar-refractivity contribution in [2.75, 3.05) is 18.4 Å². The molecule has 3 N–H and O–H groups in total. The number of aliphatic imine (C=N–C) groups is 1. The van der Waals surface area contributed by atoms with Gasteiger partial charge >= 0.3 is 6.09 Å². The lowest BCUT2D eigenvalue weighted by Gasteiger charge is -2.19. The quantitative estimate of drug-likeness (QED) is 0.138. The maximum absolute atomic E-state index is 11.8. The first-order valence-electron chi connectivity index (χ1n) is 10.5. The maximum Gasteiger partial charge on any atom is 0.412 e. The van der Waals surface area contributed by atoms with Gasteiger partial charge in [0.05, 0.1) is 17.0 Å². The zero-order valence-electron chi connectivity index (χ0n) is 19.4. The van der Waals surface area contributed by atoms with Crippen molar-refractivity contribution in [1.82, 2.24) is 10.6 Å². The van der Waals surface area contributed by atoms with Crippen LogP contribution in [0.15, 0.2) is 53.5 Å². The van der Waals surface area contributed by atoms with E-state index in [1.165, 1.54) is 6.07 Å². The number of ether oxygens (including phenoxy) is 1. The minimum Gasteiger partial charge on any atom is -0.444 e. The highest BCUT2D eigenvalue weighted by molar-refractivity contribution is 14.0. The van der Waals surface area contributed by atoms with E-state index in [2.05, 4.69) is 20.9 Å². The van der Waals surface area contributed by atoms with E-state index < -0.39 is 16.6 Å². The molecule has 2 rings (SSSR count). The Morgan fingerprint density at radius 2 is 1.76 bits per heavy atom. The van der Waals surface area contributed by atoms with E-state index in [0.29, 0.717) is 30.3 Å². The van der Waals surface area contributed by atoms with Gasteiger partial charge in [-0.2, -0.15) is 0 Å². The van der Waals surface area contributed by atoms with Crippen molar-refractivity contribution in [3.63, 3.8) is 0 Å². The standard InChI is InChI=1S/C23H31N5O4.HI/c1-5-24-21(26-16-18-8-6-7-9-20(18)28(30)31)25-15-14-17-10-12-19(13-11-17)27-22(29)32-23(2,3)4;/h6-13H,5,14-16H2,1-4H3,(H,27,29)(H2,24,25,26);1H. The van der Waals surface area contributed by atoms with Gasteiger partial charge in [-0.15, -0.1) is 24.0 Å². The summed E-state index contributed by atoms with van der Waals surface area (Å²) < 4.78 is 5.24. The Labute approximate surface area is 211 Å². The van der Waals surface area contributed by atoms with Gasteiger partial charge in [-0.05, 0) is 51.8 Å². The molecule has 0 spiro atoms. The molecule has 0 aliphatic heterocycles. The molecule has 0 fully saturated rings. The van der Waals surface area contributed by atoms with Crippen molar-refractivity contribution in [3.05, 3.63) is 69.8 Å². The van der Waals surface area contributed by atoms with Gasteiger partial charge in [-0.1, -0.05) is 30.3 Å². The zero-order chi connectivity index (χ0) is 23.6. The van der Waals surface area contributed by atoms with E-state index >= 15 is 0 Å². The SMILES string of the molecule is CCNC(=NCc1ccccc1[N+](=O)[O-])NCCc1ccc(NC(=O)OC(C)(C)C)cc1.I. The number of carbonyl (C=O) groups is 1. The number of carbonyl (C=O) groups excluding carboxylic acids is 1. The monoisotopic (exact) mass is 569 g/mol. The number of hydrogen-bond acceptors (Lipinski definition) is 5. The average molecular weight is 569 g/mol. The topological polar surface area (TPSA) is 118 Å². The molecule has 0 saturated carbocycles. The average Bonchev–Trinajstić information content (AvgIpc) is 2.72. The van der Waals surface area contributed by atoms with E-state index in [-0.39, 0.29) is 36.2 Å². The van der Waals surface area contributed by atoms with E-state index in [1.807, 2.05) is 52.0 Å². The number of hydrogen-bond donors (Lipinski definition) is 3. The van der Waals surface area contributed by atoms with Gasteiger partial charge in [0, 0.05) is 24.8 Å². The van der Waals surface area contributed by atoms with Crippen LogP contribution in [0.25, 0.3) is 0 Å². The van der Waals surface area contributed by atoms with Gasteiger partial charge in [-0.25, -0.2) is 9.79 Å². The number of guanidine groups is 1. The number of amides is 1. The second-order valence-corrected chi connectivity index (χ2v) is 8.08. The van der Waals surface area contributed by atoms with Gasteiger partial charge < -0.3 is 15.4 Å². The Bertz CT molecular complexity index is 943. The van der Waals surface area contributed by atoms with Crippen LogP contribution in [0.2, 0.25) is 0 Å². The summed E-state index contributed by atoms with van der Waals surface area (Å²) in [6, 6.07) is 14.1. The van der Waals surface area contributed by atoms with Crippen LogP contribution in [0.4, 0.5) is 16.2 Å². The summed E-state index contributed by atoms with van der Waals surface area (Å²) in [6.45, 7) is 8.91. The third kappa shape index (κ3) is 10.5. The number of halogens is 1. The summed E-state index contributed by atoms with van der Waals surface area (Å²) in [5, 5.41) is 20.3. The molecule has 0 atom stereocenters. The Morgan fingerprint density at radius 1 is 1.09 bits per heavy atom. The number of benzene rings is 2. The molecule has 33 heavy (non-hydrogen) atoms. The Morgan fingerprint density at radius 3 is 2.36 bits per heavy atom. The van der Waals surface area contributed by atoms with Crippen molar-refractivity contribution < 1.29 is 14.5 Å². The van der Waals surface area contributed by atoms with Gasteiger partial charge in [0.15, 0.2) is 5.96 Å². The van der Waals surface area contributed by atoms with Crippen LogP contribution in [0, 0.1) is 10.1 Å². The van der Waals surface area contributed by atoms with Crippen molar-refractivity contribution in [1.29, 1.82) is 0 Å². The predicted molar refractivity (Wildman–Crippen MR) is 141 cm³/mol. The Kier molecular flexibility index (Phi) is 11.6. The van der Waals surface area contributed by atoms with Crippen LogP contribution in [0.5, 0.6) is 0 Å². The summed E-state index contributed by atoms with van der Waals surface area (Å²) in [5.41, 5.74) is 1.82. The van der Waals surface area contributed by atoms with Crippen molar-refractivity contribution in [2.24, 2.45) is 4.99 Å². The summed E-state index contributed by atoms with van der Waals surface area (Å²) >= 11 is 0. The summed E-state index contributed by atoms with van der Waals surface area (Å²) in [7, 11) is 0. The summed E-state index contributed by atoms with van der Waals surface area (Å²) in [4.78, 5) is 27.1. The zero-order valence-corrected chi connectivity index (χ0v) is 21.7. The minimum absolute atomic E-state index is 0. The lowest BCUT2D eigenvalue weighted by Crippen LogP contribution is -2.38. The molecule has 10 heteroatoms. The van der Waals surface area contributed by atoms with Crippen LogP contribution in [0.3, 0.4) is 0 Å². The molecule has 0 aliphatic carbocycles. The summed E-state index contributed by atoms with van der Waals surface area (Å²) in [5.74, 6) is 0.592. The van der Waals surface area contributed by atoms with Crippen LogP contribution in [-0.4, -0.2) is 35.7 Å². The van der Waals surface area contributed by atoms with E-state index in [9.17, 15) is 14.9 Å². The largest absolute Gasteiger partial charge is 0.444 e.